The molecular weight excluding hydrogens is 184 g/mol. The van der Waals surface area contributed by atoms with E-state index in [9.17, 15) is 10.0 Å². The quantitative estimate of drug-likeness (QED) is 0.439. The first kappa shape index (κ1) is 10.2. The summed E-state index contributed by atoms with van der Waals surface area (Å²) in [7, 11) is 0. The van der Waals surface area contributed by atoms with Crippen molar-refractivity contribution >= 4 is 0 Å². The van der Waals surface area contributed by atoms with E-state index in [1.54, 1.807) is 12.3 Å². The van der Waals surface area contributed by atoms with Gasteiger partial charge in [0.05, 0.1) is 5.69 Å². The van der Waals surface area contributed by atoms with Crippen LogP contribution in [0.4, 0.5) is 0 Å². The third kappa shape index (κ3) is 2.85. The number of hydrogen-bond acceptors (Lipinski definition) is 5. The molecule has 0 radical (unpaired) electrons. The van der Waals surface area contributed by atoms with Gasteiger partial charge in [-0.3, -0.25) is 4.98 Å². The lowest BCUT2D eigenvalue weighted by Gasteiger charge is -2.03. The van der Waals surface area contributed by atoms with Crippen LogP contribution in [0.3, 0.4) is 0 Å². The van der Waals surface area contributed by atoms with Gasteiger partial charge in [-0.1, -0.05) is 6.58 Å². The Balaban J connectivity index is 2.56. The fourth-order valence-corrected chi connectivity index (χ4v) is 0.971. The molecule has 74 valence electrons. The van der Waals surface area contributed by atoms with Crippen LogP contribution in [0.2, 0.25) is 0 Å². The largest absolute Gasteiger partial charge is 0.506 e. The normalized spacial score (nSPS) is 9.43. The molecule has 1 N–H and O–H groups in total. The second kappa shape index (κ2) is 4.96. The van der Waals surface area contributed by atoms with Crippen molar-refractivity contribution in [2.24, 2.45) is 5.34 Å². The second-order valence-electron chi connectivity index (χ2n) is 2.74. The van der Waals surface area contributed by atoms with Gasteiger partial charge in [-0.05, 0) is 17.7 Å². The third-order valence-corrected chi connectivity index (χ3v) is 1.61. The minimum atomic E-state index is 0.0412. The fourth-order valence-electron chi connectivity index (χ4n) is 0.971. The second-order valence-corrected chi connectivity index (χ2v) is 2.74. The van der Waals surface area contributed by atoms with Crippen molar-refractivity contribution in [2.75, 3.05) is 6.61 Å². The van der Waals surface area contributed by atoms with Crippen molar-refractivity contribution in [1.29, 1.82) is 0 Å². The molecule has 1 aromatic heterocycles. The number of hydrogen-bond donors (Lipinski definition) is 1. The van der Waals surface area contributed by atoms with Gasteiger partial charge in [0.2, 0.25) is 0 Å². The van der Waals surface area contributed by atoms with E-state index < -0.39 is 0 Å². The van der Waals surface area contributed by atoms with Crippen molar-refractivity contribution < 1.29 is 9.94 Å². The van der Waals surface area contributed by atoms with E-state index >= 15 is 0 Å². The van der Waals surface area contributed by atoms with E-state index in [0.29, 0.717) is 17.7 Å². The smallest absolute Gasteiger partial charge is 0.155 e. The van der Waals surface area contributed by atoms with Crippen molar-refractivity contribution in [3.8, 4) is 5.75 Å². The van der Waals surface area contributed by atoms with Gasteiger partial charge in [-0.2, -0.15) is 0 Å². The summed E-state index contributed by atoms with van der Waals surface area (Å²) in [6.45, 7) is 3.69. The minimum Gasteiger partial charge on any atom is -0.506 e. The molecule has 0 fully saturated rings. The van der Waals surface area contributed by atoms with Crippen LogP contribution >= 0.6 is 0 Å². The average Bonchev–Trinajstić information content (AvgIpc) is 2.18. The lowest BCUT2D eigenvalue weighted by molar-refractivity contribution is 0.161. The monoisotopic (exact) mass is 194 g/mol. The van der Waals surface area contributed by atoms with E-state index in [1.807, 2.05) is 0 Å². The molecule has 1 heterocycles. The van der Waals surface area contributed by atoms with Gasteiger partial charge >= 0.3 is 0 Å². The summed E-state index contributed by atoms with van der Waals surface area (Å²) < 4.78 is 0. The summed E-state index contributed by atoms with van der Waals surface area (Å²) in [5, 5.41) is 11.6. The molecule has 0 spiro atoms. The first-order valence-corrected chi connectivity index (χ1v) is 3.98. The zero-order chi connectivity index (χ0) is 10.4. The lowest BCUT2D eigenvalue weighted by atomic mass is 10.1. The highest BCUT2D eigenvalue weighted by Crippen LogP contribution is 2.15. The molecule has 0 aliphatic heterocycles. The van der Waals surface area contributed by atoms with Crippen molar-refractivity contribution in [3.05, 3.63) is 41.1 Å². The maximum Gasteiger partial charge on any atom is 0.155 e. The van der Waals surface area contributed by atoms with Gasteiger partial charge < -0.3 is 9.94 Å². The van der Waals surface area contributed by atoms with Gasteiger partial charge in [-0.15, -0.1) is 4.91 Å². The predicted octanol–water partition coefficient (Wildman–Crippen LogP) is 1.58. The summed E-state index contributed by atoms with van der Waals surface area (Å²) in [4.78, 5) is 17.9. The maximum atomic E-state index is 9.65. The molecule has 0 saturated heterocycles. The molecule has 14 heavy (non-hydrogen) atoms. The van der Waals surface area contributed by atoms with E-state index in [2.05, 4.69) is 21.7 Å². The summed E-state index contributed by atoms with van der Waals surface area (Å²) in [5.41, 5.74) is 1.13. The summed E-state index contributed by atoms with van der Waals surface area (Å²) in [5.74, 6) is 0.104. The zero-order valence-corrected chi connectivity index (χ0v) is 7.51. The Kier molecular flexibility index (Phi) is 3.60. The molecule has 0 amide bonds. The number of aromatic nitrogens is 1. The molecule has 0 aliphatic rings. The zero-order valence-electron chi connectivity index (χ0n) is 7.51. The van der Waals surface area contributed by atoms with Gasteiger partial charge in [0.1, 0.15) is 12.4 Å². The van der Waals surface area contributed by atoms with Crippen LogP contribution in [-0.2, 0) is 11.3 Å². The highest BCUT2D eigenvalue weighted by molar-refractivity contribution is 5.28. The Hall–Kier alpha value is -1.91. The predicted molar refractivity (Wildman–Crippen MR) is 50.5 cm³/mol. The van der Waals surface area contributed by atoms with Gasteiger partial charge in [0.15, 0.2) is 5.34 Å². The van der Waals surface area contributed by atoms with E-state index in [0.717, 1.165) is 0 Å². The molecule has 0 unspecified atom stereocenters. The van der Waals surface area contributed by atoms with Crippen LogP contribution < -0.4 is 0 Å². The number of rotatable bonds is 5. The Morgan fingerprint density at radius 1 is 1.71 bits per heavy atom. The van der Waals surface area contributed by atoms with Gasteiger partial charge in [-0.25, -0.2) is 0 Å². The highest BCUT2D eigenvalue weighted by atomic mass is 16.7. The Bertz CT molecular complexity index is 339. The lowest BCUT2D eigenvalue weighted by Crippen LogP contribution is -1.98. The molecule has 0 aromatic carbocycles. The molecule has 1 aromatic rings. The van der Waals surface area contributed by atoms with Crippen molar-refractivity contribution in [1.82, 2.24) is 4.98 Å². The van der Waals surface area contributed by atoms with E-state index in [1.165, 1.54) is 6.07 Å². The molecule has 5 nitrogen and oxygen atoms in total. The highest BCUT2D eigenvalue weighted by Gasteiger charge is 2.04. The number of nitrogens with zero attached hydrogens (tertiary/aromatic N) is 2. The number of aromatic hydroxyl groups is 1. The van der Waals surface area contributed by atoms with Gasteiger partial charge in [0.25, 0.3) is 0 Å². The number of pyridine rings is 1. The molecule has 5 heteroatoms. The van der Waals surface area contributed by atoms with Crippen LogP contribution in [0.5, 0.6) is 5.75 Å². The first-order chi connectivity index (χ1) is 6.74. The van der Waals surface area contributed by atoms with E-state index in [-0.39, 0.29) is 12.4 Å². The average molecular weight is 194 g/mol. The summed E-state index contributed by atoms with van der Waals surface area (Å²) >= 11 is 0. The molecule has 0 atom stereocenters. The molecular formula is C9H10N2O3. The Morgan fingerprint density at radius 3 is 3.14 bits per heavy atom. The van der Waals surface area contributed by atoms with Crippen molar-refractivity contribution in [3.63, 3.8) is 0 Å². The van der Waals surface area contributed by atoms with E-state index in [4.69, 9.17) is 0 Å². The topological polar surface area (TPSA) is 71.8 Å². The van der Waals surface area contributed by atoms with Crippen LogP contribution in [-0.4, -0.2) is 16.7 Å². The summed E-state index contributed by atoms with van der Waals surface area (Å²) in [6, 6.07) is 3.17. The van der Waals surface area contributed by atoms with Crippen LogP contribution in [0.1, 0.15) is 5.69 Å². The Morgan fingerprint density at radius 2 is 2.50 bits per heavy atom. The maximum absolute atomic E-state index is 9.65. The van der Waals surface area contributed by atoms with Crippen LogP contribution in [0.25, 0.3) is 0 Å². The molecule has 0 saturated carbocycles. The molecule has 1 rings (SSSR count). The van der Waals surface area contributed by atoms with Gasteiger partial charge in [0, 0.05) is 12.6 Å². The standard InChI is InChI=1S/C9H10N2O3/c1-7(6-14-11-13)5-8-9(12)3-2-4-10-8/h2-4,12H,1,5-6H2. The Labute approximate surface area is 81.0 Å². The first-order valence-electron chi connectivity index (χ1n) is 3.98. The molecule has 0 aliphatic carbocycles. The summed E-state index contributed by atoms with van der Waals surface area (Å²) in [6.07, 6.45) is 1.93. The molecule has 0 bridgehead atoms. The third-order valence-electron chi connectivity index (χ3n) is 1.61. The SMILES string of the molecule is C=C(CON=O)Cc1ncccc1O. The van der Waals surface area contributed by atoms with Crippen LogP contribution in [0.15, 0.2) is 35.8 Å². The fraction of sp³-hybridized carbons (Fsp3) is 0.222. The van der Waals surface area contributed by atoms with Crippen LogP contribution in [0, 0.1) is 4.91 Å². The minimum absolute atomic E-state index is 0.0412. The van der Waals surface area contributed by atoms with Crippen molar-refractivity contribution in [2.45, 2.75) is 6.42 Å².